The number of rotatable bonds is 7. The van der Waals surface area contributed by atoms with Gasteiger partial charge in [-0.1, -0.05) is 0 Å². The molecule has 1 amide bonds. The molecule has 1 aromatic carbocycles. The van der Waals surface area contributed by atoms with Crippen LogP contribution in [-0.4, -0.2) is 25.5 Å². The minimum Gasteiger partial charge on any atom is -0.370 e. The summed E-state index contributed by atoms with van der Waals surface area (Å²) in [5.74, 6) is -0.441. The number of benzene rings is 1. The van der Waals surface area contributed by atoms with Crippen molar-refractivity contribution in [2.24, 2.45) is 5.73 Å². The van der Waals surface area contributed by atoms with Gasteiger partial charge < -0.3 is 16.0 Å². The normalized spacial score (nSPS) is 10.7. The van der Waals surface area contributed by atoms with E-state index in [1.165, 1.54) is 6.07 Å². The molecule has 1 aromatic rings. The molecule has 20 heavy (non-hydrogen) atoms. The smallest absolute Gasteiger partial charge is 0.224 e. The number of halogens is 1. The molecule has 0 unspecified atom stereocenters. The summed E-state index contributed by atoms with van der Waals surface area (Å²) in [7, 11) is 1.84. The molecule has 3 N–H and O–H groups in total. The lowest BCUT2D eigenvalue weighted by molar-refractivity contribution is -0.116. The fourth-order valence-corrected chi connectivity index (χ4v) is 1.80. The van der Waals surface area contributed by atoms with Gasteiger partial charge in [0.15, 0.2) is 0 Å². The Bertz CT molecular complexity index is 449. The summed E-state index contributed by atoms with van der Waals surface area (Å²) >= 11 is 0. The molecule has 0 bridgehead atoms. The van der Waals surface area contributed by atoms with E-state index in [4.69, 9.17) is 5.73 Å². The topological polar surface area (TPSA) is 58.4 Å². The first kappa shape index (κ1) is 16.4. The monoisotopic (exact) mass is 281 g/mol. The number of carbonyl (C=O) groups excluding carboxylic acids is 1. The van der Waals surface area contributed by atoms with Gasteiger partial charge in [0.1, 0.15) is 5.82 Å². The van der Waals surface area contributed by atoms with Gasteiger partial charge in [0.25, 0.3) is 0 Å². The predicted molar refractivity (Wildman–Crippen MR) is 81.5 cm³/mol. The van der Waals surface area contributed by atoms with E-state index in [1.807, 2.05) is 25.8 Å². The number of nitrogens with two attached hydrogens (primary N) is 1. The summed E-state index contributed by atoms with van der Waals surface area (Å²) in [4.78, 5) is 13.5. The van der Waals surface area contributed by atoms with Gasteiger partial charge in [-0.05, 0) is 51.4 Å². The molecule has 0 radical (unpaired) electrons. The van der Waals surface area contributed by atoms with Crippen LogP contribution in [0.25, 0.3) is 0 Å². The van der Waals surface area contributed by atoms with Crippen molar-refractivity contribution in [1.82, 2.24) is 0 Å². The molecular weight excluding hydrogens is 257 g/mol. The Hall–Kier alpha value is -1.62. The highest BCUT2D eigenvalue weighted by molar-refractivity contribution is 5.90. The van der Waals surface area contributed by atoms with Gasteiger partial charge in [0.2, 0.25) is 5.91 Å². The summed E-state index contributed by atoms with van der Waals surface area (Å²) in [5.41, 5.74) is 6.39. The molecule has 0 aliphatic heterocycles. The lowest BCUT2D eigenvalue weighted by Crippen LogP contribution is -2.26. The van der Waals surface area contributed by atoms with E-state index in [9.17, 15) is 9.18 Å². The maximum absolute atomic E-state index is 14.0. The second kappa shape index (κ2) is 7.85. The molecule has 0 heterocycles. The first-order valence-electron chi connectivity index (χ1n) is 6.98. The van der Waals surface area contributed by atoms with Crippen molar-refractivity contribution >= 4 is 17.3 Å². The minimum absolute atomic E-state index is 0.109. The van der Waals surface area contributed by atoms with E-state index in [1.54, 1.807) is 12.1 Å². The highest BCUT2D eigenvalue weighted by atomic mass is 19.1. The SMILES string of the molecule is CC(C)N(C)c1ccc(NC(=O)CCCCN)cc1F. The van der Waals surface area contributed by atoms with E-state index in [0.717, 1.165) is 12.8 Å². The number of hydrogen-bond acceptors (Lipinski definition) is 3. The first-order valence-corrected chi connectivity index (χ1v) is 6.98. The standard InChI is InChI=1S/C15H24FN3O/c1-11(2)19(3)14-8-7-12(10-13(14)16)18-15(20)6-4-5-9-17/h7-8,10-11H,4-6,9,17H2,1-3H3,(H,18,20). The minimum atomic E-state index is -0.332. The summed E-state index contributed by atoms with van der Waals surface area (Å²) in [5, 5.41) is 2.70. The summed E-state index contributed by atoms with van der Waals surface area (Å²) in [6.07, 6.45) is 1.98. The van der Waals surface area contributed by atoms with Crippen molar-refractivity contribution in [1.29, 1.82) is 0 Å². The highest BCUT2D eigenvalue weighted by Gasteiger charge is 2.11. The number of hydrogen-bond donors (Lipinski definition) is 2. The number of carbonyl (C=O) groups is 1. The first-order chi connectivity index (χ1) is 9.45. The molecule has 0 saturated heterocycles. The van der Waals surface area contributed by atoms with Crippen molar-refractivity contribution in [2.75, 3.05) is 23.8 Å². The Balaban J connectivity index is 2.65. The quantitative estimate of drug-likeness (QED) is 0.756. The third-order valence-electron chi connectivity index (χ3n) is 3.24. The van der Waals surface area contributed by atoms with E-state index >= 15 is 0 Å². The summed E-state index contributed by atoms with van der Waals surface area (Å²) < 4.78 is 14.0. The van der Waals surface area contributed by atoms with Gasteiger partial charge in [-0.2, -0.15) is 0 Å². The van der Waals surface area contributed by atoms with Crippen LogP contribution in [0.5, 0.6) is 0 Å². The zero-order valence-corrected chi connectivity index (χ0v) is 12.4. The van der Waals surface area contributed by atoms with Crippen LogP contribution in [0, 0.1) is 5.82 Å². The Morgan fingerprint density at radius 2 is 2.10 bits per heavy atom. The molecule has 0 aliphatic rings. The van der Waals surface area contributed by atoms with Crippen molar-refractivity contribution in [3.05, 3.63) is 24.0 Å². The highest BCUT2D eigenvalue weighted by Crippen LogP contribution is 2.23. The molecule has 0 aliphatic carbocycles. The Morgan fingerprint density at radius 1 is 1.40 bits per heavy atom. The Labute approximate surface area is 120 Å². The summed E-state index contributed by atoms with van der Waals surface area (Å²) in [6, 6.07) is 4.97. The lowest BCUT2D eigenvalue weighted by Gasteiger charge is -2.24. The second-order valence-corrected chi connectivity index (χ2v) is 5.16. The number of nitrogens with one attached hydrogen (secondary N) is 1. The van der Waals surface area contributed by atoms with Crippen LogP contribution in [0.4, 0.5) is 15.8 Å². The number of unbranched alkanes of at least 4 members (excludes halogenated alkanes) is 1. The van der Waals surface area contributed by atoms with Gasteiger partial charge in [-0.15, -0.1) is 0 Å². The van der Waals surface area contributed by atoms with Gasteiger partial charge in [-0.25, -0.2) is 4.39 Å². The molecule has 5 heteroatoms. The fourth-order valence-electron chi connectivity index (χ4n) is 1.80. The van der Waals surface area contributed by atoms with E-state index in [0.29, 0.717) is 24.3 Å². The fraction of sp³-hybridized carbons (Fsp3) is 0.533. The average molecular weight is 281 g/mol. The zero-order valence-electron chi connectivity index (χ0n) is 12.4. The van der Waals surface area contributed by atoms with Crippen LogP contribution < -0.4 is 16.0 Å². The van der Waals surface area contributed by atoms with Crippen LogP contribution in [0.3, 0.4) is 0 Å². The van der Waals surface area contributed by atoms with E-state index in [-0.39, 0.29) is 17.8 Å². The molecule has 1 rings (SSSR count). The van der Waals surface area contributed by atoms with Crippen LogP contribution >= 0.6 is 0 Å². The molecular formula is C15H24FN3O. The van der Waals surface area contributed by atoms with Crippen LogP contribution in [0.15, 0.2) is 18.2 Å². The average Bonchev–Trinajstić information content (AvgIpc) is 2.38. The Kier molecular flexibility index (Phi) is 6.45. The van der Waals surface area contributed by atoms with Gasteiger partial charge in [0, 0.05) is 25.2 Å². The van der Waals surface area contributed by atoms with Gasteiger partial charge >= 0.3 is 0 Å². The molecule has 112 valence electrons. The van der Waals surface area contributed by atoms with E-state index in [2.05, 4.69) is 5.32 Å². The van der Waals surface area contributed by atoms with Crippen LogP contribution in [-0.2, 0) is 4.79 Å². The second-order valence-electron chi connectivity index (χ2n) is 5.16. The third-order valence-corrected chi connectivity index (χ3v) is 3.24. The van der Waals surface area contributed by atoms with Gasteiger partial charge in [-0.3, -0.25) is 4.79 Å². The maximum Gasteiger partial charge on any atom is 0.224 e. The van der Waals surface area contributed by atoms with Gasteiger partial charge in [0.05, 0.1) is 5.69 Å². The number of anilines is 2. The lowest BCUT2D eigenvalue weighted by atomic mass is 10.2. The Morgan fingerprint density at radius 3 is 2.65 bits per heavy atom. The largest absolute Gasteiger partial charge is 0.370 e. The molecule has 0 spiro atoms. The van der Waals surface area contributed by atoms with Crippen molar-refractivity contribution in [3.63, 3.8) is 0 Å². The zero-order chi connectivity index (χ0) is 15.1. The maximum atomic E-state index is 14.0. The summed E-state index contributed by atoms with van der Waals surface area (Å²) in [6.45, 7) is 4.57. The third kappa shape index (κ3) is 4.81. The van der Waals surface area contributed by atoms with Crippen molar-refractivity contribution in [3.8, 4) is 0 Å². The van der Waals surface area contributed by atoms with E-state index < -0.39 is 0 Å². The van der Waals surface area contributed by atoms with Crippen molar-refractivity contribution < 1.29 is 9.18 Å². The predicted octanol–water partition coefficient (Wildman–Crippen LogP) is 2.74. The van der Waals surface area contributed by atoms with Crippen molar-refractivity contribution in [2.45, 2.75) is 39.2 Å². The molecule has 0 atom stereocenters. The molecule has 4 nitrogen and oxygen atoms in total. The van der Waals surface area contributed by atoms with Crippen LogP contribution in [0.2, 0.25) is 0 Å². The molecule has 0 saturated carbocycles. The molecule has 0 aromatic heterocycles. The number of amides is 1. The number of nitrogens with zero attached hydrogens (tertiary/aromatic N) is 1. The van der Waals surface area contributed by atoms with Crippen LogP contribution in [0.1, 0.15) is 33.1 Å². The molecule has 0 fully saturated rings.